The minimum absolute atomic E-state index is 0.0108. The van der Waals surface area contributed by atoms with Gasteiger partial charge in [0.1, 0.15) is 16.3 Å². The Morgan fingerprint density at radius 1 is 1.17 bits per heavy atom. The first-order chi connectivity index (χ1) is 11.3. The minimum atomic E-state index is -0.0108. The zero-order chi connectivity index (χ0) is 15.6. The van der Waals surface area contributed by atoms with Crippen LogP contribution >= 0.6 is 11.3 Å². The summed E-state index contributed by atoms with van der Waals surface area (Å²) in [5.74, 6) is -0.0108. The van der Waals surface area contributed by atoms with E-state index in [9.17, 15) is 4.79 Å². The SMILES string of the molecule is O=C(NC1CCCCC1)c1cc2sc(-c3ccccc3)nc2[nH]1. The monoisotopic (exact) mass is 325 g/mol. The van der Waals surface area contributed by atoms with Crippen molar-refractivity contribution in [2.75, 3.05) is 0 Å². The summed E-state index contributed by atoms with van der Waals surface area (Å²) < 4.78 is 1.03. The number of H-pyrrole nitrogens is 1. The maximum Gasteiger partial charge on any atom is 0.268 e. The first-order valence-electron chi connectivity index (χ1n) is 8.15. The molecule has 2 aromatic heterocycles. The van der Waals surface area contributed by atoms with Gasteiger partial charge in [-0.2, -0.15) is 0 Å². The predicted molar refractivity (Wildman–Crippen MR) is 93.7 cm³/mol. The number of nitrogens with one attached hydrogen (secondary N) is 2. The Bertz CT molecular complexity index is 784. The van der Waals surface area contributed by atoms with Crippen LogP contribution in [0.4, 0.5) is 0 Å². The van der Waals surface area contributed by atoms with Crippen LogP contribution in [-0.2, 0) is 0 Å². The maximum absolute atomic E-state index is 12.4. The van der Waals surface area contributed by atoms with E-state index in [1.165, 1.54) is 19.3 Å². The van der Waals surface area contributed by atoms with Crippen molar-refractivity contribution in [3.05, 3.63) is 42.1 Å². The summed E-state index contributed by atoms with van der Waals surface area (Å²) in [7, 11) is 0. The van der Waals surface area contributed by atoms with Gasteiger partial charge in [-0.3, -0.25) is 4.79 Å². The number of carbonyl (C=O) groups excluding carboxylic acids is 1. The lowest BCUT2D eigenvalue weighted by Crippen LogP contribution is -2.36. The van der Waals surface area contributed by atoms with E-state index in [-0.39, 0.29) is 5.91 Å². The van der Waals surface area contributed by atoms with E-state index < -0.39 is 0 Å². The zero-order valence-electron chi connectivity index (χ0n) is 12.8. The van der Waals surface area contributed by atoms with E-state index in [1.807, 2.05) is 24.3 Å². The molecule has 1 aromatic carbocycles. The van der Waals surface area contributed by atoms with Crippen LogP contribution in [0.15, 0.2) is 36.4 Å². The summed E-state index contributed by atoms with van der Waals surface area (Å²) in [5, 5.41) is 4.12. The fraction of sp³-hybridized carbons (Fsp3) is 0.333. The van der Waals surface area contributed by atoms with Gasteiger partial charge in [0.25, 0.3) is 5.91 Å². The van der Waals surface area contributed by atoms with E-state index in [1.54, 1.807) is 11.3 Å². The number of carbonyl (C=O) groups is 1. The van der Waals surface area contributed by atoms with Crippen LogP contribution in [-0.4, -0.2) is 21.9 Å². The second kappa shape index (κ2) is 6.16. The summed E-state index contributed by atoms with van der Waals surface area (Å²) in [6.45, 7) is 0. The second-order valence-corrected chi connectivity index (χ2v) is 7.12. The van der Waals surface area contributed by atoms with Gasteiger partial charge in [0.05, 0.1) is 4.70 Å². The third-order valence-corrected chi connectivity index (χ3v) is 5.44. The molecule has 118 valence electrons. The minimum Gasteiger partial charge on any atom is -0.348 e. The smallest absolute Gasteiger partial charge is 0.268 e. The number of amides is 1. The van der Waals surface area contributed by atoms with Crippen LogP contribution in [0.2, 0.25) is 0 Å². The lowest BCUT2D eigenvalue weighted by atomic mass is 9.95. The average molecular weight is 325 g/mol. The molecule has 5 heteroatoms. The van der Waals surface area contributed by atoms with Crippen molar-refractivity contribution >= 4 is 27.6 Å². The third kappa shape index (κ3) is 3.01. The Morgan fingerprint density at radius 3 is 2.70 bits per heavy atom. The van der Waals surface area contributed by atoms with Crippen molar-refractivity contribution < 1.29 is 4.79 Å². The van der Waals surface area contributed by atoms with Crippen molar-refractivity contribution in [2.45, 2.75) is 38.1 Å². The highest BCUT2D eigenvalue weighted by Crippen LogP contribution is 2.30. The summed E-state index contributed by atoms with van der Waals surface area (Å²) in [5.41, 5.74) is 2.52. The number of rotatable bonds is 3. The Balaban J connectivity index is 1.53. The third-order valence-electron chi connectivity index (χ3n) is 4.39. The van der Waals surface area contributed by atoms with Crippen LogP contribution in [0.25, 0.3) is 20.9 Å². The van der Waals surface area contributed by atoms with Crippen LogP contribution in [0, 0.1) is 0 Å². The molecule has 0 spiro atoms. The number of fused-ring (bicyclic) bond motifs is 1. The summed E-state index contributed by atoms with van der Waals surface area (Å²) in [6, 6.07) is 12.4. The van der Waals surface area contributed by atoms with E-state index >= 15 is 0 Å². The highest BCUT2D eigenvalue weighted by molar-refractivity contribution is 7.21. The molecular weight excluding hydrogens is 306 g/mol. The number of nitrogens with zero attached hydrogens (tertiary/aromatic N) is 1. The van der Waals surface area contributed by atoms with Gasteiger partial charge < -0.3 is 10.3 Å². The molecule has 0 bridgehead atoms. The Kier molecular flexibility index (Phi) is 3.87. The molecule has 2 heterocycles. The van der Waals surface area contributed by atoms with Gasteiger partial charge in [0, 0.05) is 11.6 Å². The van der Waals surface area contributed by atoms with Crippen molar-refractivity contribution in [2.24, 2.45) is 0 Å². The molecule has 0 saturated heterocycles. The zero-order valence-corrected chi connectivity index (χ0v) is 13.7. The Hall–Kier alpha value is -2.14. The lowest BCUT2D eigenvalue weighted by molar-refractivity contribution is 0.0923. The van der Waals surface area contributed by atoms with Crippen molar-refractivity contribution in [1.29, 1.82) is 0 Å². The molecule has 0 radical (unpaired) electrons. The van der Waals surface area contributed by atoms with Gasteiger partial charge in [-0.1, -0.05) is 49.6 Å². The van der Waals surface area contributed by atoms with Gasteiger partial charge in [-0.25, -0.2) is 4.98 Å². The quantitative estimate of drug-likeness (QED) is 0.752. The largest absolute Gasteiger partial charge is 0.348 e. The number of benzene rings is 1. The van der Waals surface area contributed by atoms with Gasteiger partial charge >= 0.3 is 0 Å². The van der Waals surface area contributed by atoms with Gasteiger partial charge in [-0.05, 0) is 18.9 Å². The van der Waals surface area contributed by atoms with Crippen molar-refractivity contribution in [3.8, 4) is 10.6 Å². The highest BCUT2D eigenvalue weighted by atomic mass is 32.1. The number of aromatic amines is 1. The van der Waals surface area contributed by atoms with Crippen LogP contribution in [0.1, 0.15) is 42.6 Å². The van der Waals surface area contributed by atoms with Crippen molar-refractivity contribution in [3.63, 3.8) is 0 Å². The fourth-order valence-electron chi connectivity index (χ4n) is 3.15. The van der Waals surface area contributed by atoms with E-state index in [2.05, 4.69) is 27.4 Å². The molecule has 1 amide bonds. The molecule has 1 aliphatic carbocycles. The second-order valence-electron chi connectivity index (χ2n) is 6.09. The van der Waals surface area contributed by atoms with Crippen LogP contribution in [0.3, 0.4) is 0 Å². The summed E-state index contributed by atoms with van der Waals surface area (Å²) in [4.78, 5) is 20.1. The molecule has 0 unspecified atom stereocenters. The first-order valence-corrected chi connectivity index (χ1v) is 8.97. The average Bonchev–Trinajstić information content (AvgIpc) is 3.15. The molecule has 1 aliphatic rings. The molecule has 1 saturated carbocycles. The predicted octanol–water partition coefficient (Wildman–Crippen LogP) is 4.35. The number of hydrogen-bond acceptors (Lipinski definition) is 3. The topological polar surface area (TPSA) is 57.8 Å². The van der Waals surface area contributed by atoms with Crippen LogP contribution in [0.5, 0.6) is 0 Å². The molecule has 2 N–H and O–H groups in total. The molecule has 4 rings (SSSR count). The fourth-order valence-corrected chi connectivity index (χ4v) is 4.12. The van der Waals surface area contributed by atoms with E-state index in [0.717, 1.165) is 33.8 Å². The molecule has 0 aliphatic heterocycles. The maximum atomic E-state index is 12.4. The van der Waals surface area contributed by atoms with Gasteiger partial charge in [0.2, 0.25) is 0 Å². The summed E-state index contributed by atoms with van der Waals surface area (Å²) >= 11 is 1.61. The van der Waals surface area contributed by atoms with Crippen LogP contribution < -0.4 is 5.32 Å². The molecule has 3 aromatic rings. The Labute approximate surface area is 138 Å². The number of aromatic nitrogens is 2. The van der Waals surface area contributed by atoms with Gasteiger partial charge in [0.15, 0.2) is 0 Å². The lowest BCUT2D eigenvalue weighted by Gasteiger charge is -2.22. The Morgan fingerprint density at radius 2 is 1.96 bits per heavy atom. The van der Waals surface area contributed by atoms with E-state index in [4.69, 9.17) is 0 Å². The normalized spacial score (nSPS) is 15.8. The van der Waals surface area contributed by atoms with E-state index in [0.29, 0.717) is 11.7 Å². The molecule has 0 atom stereocenters. The molecule has 23 heavy (non-hydrogen) atoms. The highest BCUT2D eigenvalue weighted by Gasteiger charge is 2.19. The number of hydrogen-bond donors (Lipinski definition) is 2. The molecular formula is C18H19N3OS. The first kappa shape index (κ1) is 14.5. The van der Waals surface area contributed by atoms with Crippen molar-refractivity contribution in [1.82, 2.24) is 15.3 Å². The summed E-state index contributed by atoms with van der Waals surface area (Å²) in [6.07, 6.45) is 5.91. The molecule has 1 fully saturated rings. The van der Waals surface area contributed by atoms with Gasteiger partial charge in [-0.15, -0.1) is 11.3 Å². The standard InChI is InChI=1S/C18H19N3OS/c22-17(19-13-9-5-2-6-10-13)14-11-15-16(20-14)21-18(23-15)12-7-3-1-4-8-12/h1,3-4,7-8,11,13,20H,2,5-6,9-10H2,(H,19,22). The molecule has 4 nitrogen and oxygen atoms in total. The number of thiazole rings is 1.